The zero-order chi connectivity index (χ0) is 18.2. The summed E-state index contributed by atoms with van der Waals surface area (Å²) in [7, 11) is 3.05. The summed E-state index contributed by atoms with van der Waals surface area (Å²) in [6.45, 7) is 0. The highest BCUT2D eigenvalue weighted by Gasteiger charge is 2.08. The number of hydrogen-bond acceptors (Lipinski definition) is 6. The first-order valence-electron chi connectivity index (χ1n) is 7.30. The smallest absolute Gasteiger partial charge is 0.270 e. The maximum absolute atomic E-state index is 11.9. The highest BCUT2D eigenvalue weighted by atomic mass is 16.6. The third-order valence-electron chi connectivity index (χ3n) is 3.30. The lowest BCUT2D eigenvalue weighted by Gasteiger charge is -2.09. The van der Waals surface area contributed by atoms with Gasteiger partial charge in [-0.2, -0.15) is 5.10 Å². The Bertz CT molecular complexity index is 805. The van der Waals surface area contributed by atoms with Crippen molar-refractivity contribution in [2.24, 2.45) is 5.10 Å². The number of hydrogen-bond donors (Lipinski definition) is 1. The fraction of sp³-hybridized carbons (Fsp3) is 0.176. The van der Waals surface area contributed by atoms with Crippen LogP contribution in [0.4, 0.5) is 5.69 Å². The van der Waals surface area contributed by atoms with E-state index in [0.29, 0.717) is 17.1 Å². The fourth-order valence-corrected chi connectivity index (χ4v) is 2.11. The Morgan fingerprint density at radius 1 is 1.20 bits per heavy atom. The van der Waals surface area contributed by atoms with Gasteiger partial charge < -0.3 is 9.47 Å². The van der Waals surface area contributed by atoms with E-state index in [9.17, 15) is 14.9 Å². The Kier molecular flexibility index (Phi) is 6.05. The Morgan fingerprint density at radius 3 is 2.64 bits per heavy atom. The molecule has 0 saturated carbocycles. The van der Waals surface area contributed by atoms with Crippen LogP contribution in [0.2, 0.25) is 0 Å². The highest BCUT2D eigenvalue weighted by molar-refractivity contribution is 5.83. The summed E-state index contributed by atoms with van der Waals surface area (Å²) in [5.41, 5.74) is 3.59. The van der Waals surface area contributed by atoms with Crippen LogP contribution in [0.1, 0.15) is 11.1 Å². The number of nitrogens with one attached hydrogen (secondary N) is 1. The lowest BCUT2D eigenvalue weighted by molar-refractivity contribution is -0.384. The number of benzene rings is 2. The average Bonchev–Trinajstić information content (AvgIpc) is 2.61. The molecular formula is C17H17N3O5. The molecule has 0 atom stereocenters. The molecule has 2 aromatic carbocycles. The Balaban J connectivity index is 1.96. The summed E-state index contributed by atoms with van der Waals surface area (Å²) in [6, 6.07) is 11.1. The lowest BCUT2D eigenvalue weighted by atomic mass is 10.1. The van der Waals surface area contributed by atoms with E-state index in [-0.39, 0.29) is 18.0 Å². The molecule has 8 nitrogen and oxygen atoms in total. The quantitative estimate of drug-likeness (QED) is 0.472. The second-order valence-electron chi connectivity index (χ2n) is 5.01. The summed E-state index contributed by atoms with van der Waals surface area (Å²) in [6.07, 6.45) is 1.45. The van der Waals surface area contributed by atoms with Gasteiger partial charge in [0.2, 0.25) is 5.91 Å². The van der Waals surface area contributed by atoms with Gasteiger partial charge >= 0.3 is 0 Å². The van der Waals surface area contributed by atoms with E-state index < -0.39 is 4.92 Å². The van der Waals surface area contributed by atoms with E-state index in [1.807, 2.05) is 0 Å². The van der Waals surface area contributed by atoms with Crippen LogP contribution in [-0.4, -0.2) is 31.3 Å². The number of nitro benzene ring substituents is 1. The predicted molar refractivity (Wildman–Crippen MR) is 92.1 cm³/mol. The molecule has 0 unspecified atom stereocenters. The first kappa shape index (κ1) is 17.9. The Morgan fingerprint density at radius 2 is 1.96 bits per heavy atom. The summed E-state index contributed by atoms with van der Waals surface area (Å²) in [4.78, 5) is 22.1. The van der Waals surface area contributed by atoms with Crippen molar-refractivity contribution in [3.8, 4) is 11.5 Å². The van der Waals surface area contributed by atoms with Gasteiger partial charge in [-0.15, -0.1) is 0 Å². The summed E-state index contributed by atoms with van der Waals surface area (Å²) in [5.74, 6) is 0.789. The van der Waals surface area contributed by atoms with Gasteiger partial charge in [-0.1, -0.05) is 18.2 Å². The molecule has 0 fully saturated rings. The third kappa shape index (κ3) is 5.03. The van der Waals surface area contributed by atoms with E-state index in [1.165, 1.54) is 32.6 Å². The number of non-ortho nitro benzene ring substituents is 1. The minimum absolute atomic E-state index is 0.0411. The van der Waals surface area contributed by atoms with Crippen molar-refractivity contribution in [1.82, 2.24) is 5.43 Å². The van der Waals surface area contributed by atoms with Crippen molar-refractivity contribution in [3.63, 3.8) is 0 Å². The molecule has 1 amide bonds. The second-order valence-corrected chi connectivity index (χ2v) is 5.01. The molecule has 0 radical (unpaired) electrons. The van der Waals surface area contributed by atoms with Crippen LogP contribution in [0.15, 0.2) is 47.6 Å². The summed E-state index contributed by atoms with van der Waals surface area (Å²) in [5, 5.41) is 14.5. The maximum atomic E-state index is 11.9. The van der Waals surface area contributed by atoms with Crippen LogP contribution < -0.4 is 14.9 Å². The molecule has 0 aliphatic carbocycles. The van der Waals surface area contributed by atoms with Gasteiger partial charge in [0.25, 0.3) is 5.69 Å². The van der Waals surface area contributed by atoms with Crippen LogP contribution >= 0.6 is 0 Å². The molecule has 1 N–H and O–H groups in total. The molecule has 0 aromatic heterocycles. The minimum atomic E-state index is -0.493. The molecule has 0 aliphatic rings. The van der Waals surface area contributed by atoms with Crippen molar-refractivity contribution in [2.75, 3.05) is 14.2 Å². The second kappa shape index (κ2) is 8.44. The van der Waals surface area contributed by atoms with E-state index in [0.717, 1.165) is 5.56 Å². The SMILES string of the molecule is COc1ccc(CC(=O)N/N=C/c2cccc([N+](=O)[O-])c2)cc1OC. The average molecular weight is 343 g/mol. The number of carbonyl (C=O) groups excluding carboxylic acids is 1. The van der Waals surface area contributed by atoms with Crippen molar-refractivity contribution < 1.29 is 19.2 Å². The zero-order valence-corrected chi connectivity index (χ0v) is 13.8. The number of hydrazone groups is 1. The number of carbonyl (C=O) groups is 1. The van der Waals surface area contributed by atoms with Crippen LogP contribution in [0.25, 0.3) is 0 Å². The molecule has 2 aromatic rings. The van der Waals surface area contributed by atoms with Gasteiger partial charge in [0, 0.05) is 17.7 Å². The molecule has 130 valence electrons. The first-order valence-corrected chi connectivity index (χ1v) is 7.30. The first-order chi connectivity index (χ1) is 12.0. The maximum Gasteiger partial charge on any atom is 0.270 e. The molecule has 0 saturated heterocycles. The van der Waals surface area contributed by atoms with Gasteiger partial charge in [-0.25, -0.2) is 5.43 Å². The molecule has 25 heavy (non-hydrogen) atoms. The third-order valence-corrected chi connectivity index (χ3v) is 3.30. The molecule has 8 heteroatoms. The largest absolute Gasteiger partial charge is 0.493 e. The van der Waals surface area contributed by atoms with Gasteiger partial charge in [-0.3, -0.25) is 14.9 Å². The summed E-state index contributed by atoms with van der Waals surface area (Å²) >= 11 is 0. The Hall–Kier alpha value is -3.42. The standard InChI is InChI=1S/C17H17N3O5/c1-24-15-7-6-12(9-16(15)25-2)10-17(21)19-18-11-13-4-3-5-14(8-13)20(22)23/h3-9,11H,10H2,1-2H3,(H,19,21)/b18-11+. The van der Waals surface area contributed by atoms with Crippen molar-refractivity contribution in [3.05, 3.63) is 63.7 Å². The number of nitrogens with zero attached hydrogens (tertiary/aromatic N) is 2. The molecule has 0 spiro atoms. The van der Waals surface area contributed by atoms with Crippen molar-refractivity contribution in [2.45, 2.75) is 6.42 Å². The molecule has 2 rings (SSSR count). The zero-order valence-electron chi connectivity index (χ0n) is 13.8. The predicted octanol–water partition coefficient (Wildman–Crippen LogP) is 2.30. The highest BCUT2D eigenvalue weighted by Crippen LogP contribution is 2.27. The van der Waals surface area contributed by atoms with Crippen LogP contribution in [0.5, 0.6) is 11.5 Å². The lowest BCUT2D eigenvalue weighted by Crippen LogP contribution is -2.19. The number of ether oxygens (including phenoxy) is 2. The van der Waals surface area contributed by atoms with E-state index in [4.69, 9.17) is 9.47 Å². The molecule has 0 heterocycles. The monoisotopic (exact) mass is 343 g/mol. The van der Waals surface area contributed by atoms with E-state index in [1.54, 1.807) is 30.3 Å². The molecule has 0 bridgehead atoms. The number of rotatable bonds is 7. The van der Waals surface area contributed by atoms with E-state index in [2.05, 4.69) is 10.5 Å². The van der Waals surface area contributed by atoms with Crippen LogP contribution in [0.3, 0.4) is 0 Å². The molecular weight excluding hydrogens is 326 g/mol. The van der Waals surface area contributed by atoms with E-state index >= 15 is 0 Å². The minimum Gasteiger partial charge on any atom is -0.493 e. The van der Waals surface area contributed by atoms with Crippen LogP contribution in [0, 0.1) is 10.1 Å². The van der Waals surface area contributed by atoms with Crippen molar-refractivity contribution >= 4 is 17.8 Å². The van der Waals surface area contributed by atoms with Gasteiger partial charge in [-0.05, 0) is 17.7 Å². The Labute approximate surface area is 144 Å². The van der Waals surface area contributed by atoms with Gasteiger partial charge in [0.05, 0.1) is 31.8 Å². The number of nitro groups is 1. The van der Waals surface area contributed by atoms with Gasteiger partial charge in [0.1, 0.15) is 0 Å². The topological polar surface area (TPSA) is 103 Å². The number of methoxy groups -OCH3 is 2. The van der Waals surface area contributed by atoms with Crippen LogP contribution in [-0.2, 0) is 11.2 Å². The van der Waals surface area contributed by atoms with Crippen molar-refractivity contribution in [1.29, 1.82) is 0 Å². The summed E-state index contributed by atoms with van der Waals surface area (Å²) < 4.78 is 10.3. The molecule has 0 aliphatic heterocycles. The fourth-order valence-electron chi connectivity index (χ4n) is 2.11. The normalized spacial score (nSPS) is 10.5. The van der Waals surface area contributed by atoms with Gasteiger partial charge in [0.15, 0.2) is 11.5 Å². The number of amides is 1.